The van der Waals surface area contributed by atoms with E-state index in [4.69, 9.17) is 4.74 Å². The van der Waals surface area contributed by atoms with Gasteiger partial charge in [0.15, 0.2) is 11.5 Å². The molecule has 1 aliphatic heterocycles. The molecular weight excluding hydrogens is 254 g/mol. The molecule has 0 aliphatic carbocycles. The van der Waals surface area contributed by atoms with Crippen molar-refractivity contribution in [3.8, 4) is 11.5 Å². The van der Waals surface area contributed by atoms with E-state index in [1.807, 2.05) is 4.90 Å². The number of benzene rings is 1. The maximum Gasteiger partial charge on any atom is 0.258 e. The molecule has 1 heterocycles. The van der Waals surface area contributed by atoms with Crippen LogP contribution in [0.1, 0.15) is 49.4 Å². The van der Waals surface area contributed by atoms with Gasteiger partial charge < -0.3 is 14.7 Å². The lowest BCUT2D eigenvalue weighted by atomic mass is 9.97. The highest BCUT2D eigenvalue weighted by Gasteiger charge is 2.28. The SMILES string of the molecule is CCCC1CCCCN1C(=O)c1cccc(OC)c1O. The number of hydrogen-bond donors (Lipinski definition) is 1. The maximum absolute atomic E-state index is 12.7. The van der Waals surface area contributed by atoms with Crippen molar-refractivity contribution in [3.63, 3.8) is 0 Å². The zero-order valence-electron chi connectivity index (χ0n) is 12.3. The standard InChI is InChI=1S/C16H23NO3/c1-3-7-12-8-4-5-11-17(12)16(19)13-9-6-10-14(20-2)15(13)18/h6,9-10,12,18H,3-5,7-8,11H2,1-2H3. The summed E-state index contributed by atoms with van der Waals surface area (Å²) >= 11 is 0. The van der Waals surface area contributed by atoms with Crippen molar-refractivity contribution in [1.82, 2.24) is 4.90 Å². The van der Waals surface area contributed by atoms with Crippen LogP contribution in [0.4, 0.5) is 0 Å². The third kappa shape index (κ3) is 2.89. The summed E-state index contributed by atoms with van der Waals surface area (Å²) in [5, 5.41) is 10.1. The molecule has 1 amide bonds. The fourth-order valence-electron chi connectivity index (χ4n) is 2.92. The first-order valence-corrected chi connectivity index (χ1v) is 7.36. The van der Waals surface area contributed by atoms with Crippen molar-refractivity contribution in [2.24, 2.45) is 0 Å². The first kappa shape index (κ1) is 14.7. The predicted octanol–water partition coefficient (Wildman–Crippen LogP) is 3.20. The highest BCUT2D eigenvalue weighted by atomic mass is 16.5. The highest BCUT2D eigenvalue weighted by Crippen LogP contribution is 2.32. The number of methoxy groups -OCH3 is 1. The number of carbonyl (C=O) groups is 1. The average molecular weight is 277 g/mol. The Balaban J connectivity index is 2.25. The number of amides is 1. The second kappa shape index (κ2) is 6.64. The number of rotatable bonds is 4. The molecule has 0 saturated carbocycles. The van der Waals surface area contributed by atoms with Gasteiger partial charge in [0.2, 0.25) is 0 Å². The number of aromatic hydroxyl groups is 1. The minimum atomic E-state index is -0.0837. The number of piperidine rings is 1. The summed E-state index contributed by atoms with van der Waals surface area (Å²) in [5.74, 6) is 0.209. The average Bonchev–Trinajstić information content (AvgIpc) is 2.48. The summed E-state index contributed by atoms with van der Waals surface area (Å²) in [7, 11) is 1.49. The van der Waals surface area contributed by atoms with Gasteiger partial charge in [-0.15, -0.1) is 0 Å². The molecule has 1 saturated heterocycles. The molecule has 0 radical (unpaired) electrons. The molecule has 1 unspecified atom stereocenters. The first-order valence-electron chi connectivity index (χ1n) is 7.36. The van der Waals surface area contributed by atoms with E-state index in [9.17, 15) is 9.90 Å². The lowest BCUT2D eigenvalue weighted by molar-refractivity contribution is 0.0597. The van der Waals surface area contributed by atoms with Crippen molar-refractivity contribution in [2.75, 3.05) is 13.7 Å². The Morgan fingerprint density at radius 1 is 1.45 bits per heavy atom. The Hall–Kier alpha value is -1.71. The van der Waals surface area contributed by atoms with Gasteiger partial charge in [0, 0.05) is 12.6 Å². The monoisotopic (exact) mass is 277 g/mol. The molecule has 0 bridgehead atoms. The summed E-state index contributed by atoms with van der Waals surface area (Å²) in [6.45, 7) is 2.92. The lowest BCUT2D eigenvalue weighted by Crippen LogP contribution is -2.43. The second-order valence-electron chi connectivity index (χ2n) is 5.29. The predicted molar refractivity (Wildman–Crippen MR) is 78.2 cm³/mol. The fourth-order valence-corrected chi connectivity index (χ4v) is 2.92. The molecular formula is C16H23NO3. The van der Waals surface area contributed by atoms with Gasteiger partial charge >= 0.3 is 0 Å². The molecule has 1 atom stereocenters. The number of phenols is 1. The van der Waals surface area contributed by atoms with Crippen LogP contribution >= 0.6 is 0 Å². The van der Waals surface area contributed by atoms with Crippen LogP contribution in [0.5, 0.6) is 11.5 Å². The Morgan fingerprint density at radius 3 is 2.95 bits per heavy atom. The van der Waals surface area contributed by atoms with E-state index in [-0.39, 0.29) is 11.7 Å². The minimum Gasteiger partial charge on any atom is -0.504 e. The minimum absolute atomic E-state index is 0.0548. The Bertz CT molecular complexity index is 471. The molecule has 1 aliphatic rings. The van der Waals surface area contributed by atoms with Crippen molar-refractivity contribution >= 4 is 5.91 Å². The Labute approximate surface area is 120 Å². The number of carbonyl (C=O) groups excluding carboxylic acids is 1. The number of likely N-dealkylation sites (tertiary alicyclic amines) is 1. The fraction of sp³-hybridized carbons (Fsp3) is 0.562. The molecule has 1 aromatic carbocycles. The molecule has 1 N–H and O–H groups in total. The quantitative estimate of drug-likeness (QED) is 0.919. The normalized spacial score (nSPS) is 18.9. The van der Waals surface area contributed by atoms with E-state index in [1.54, 1.807) is 18.2 Å². The summed E-state index contributed by atoms with van der Waals surface area (Å²) in [4.78, 5) is 14.6. The summed E-state index contributed by atoms with van der Waals surface area (Å²) in [6, 6.07) is 5.36. The zero-order valence-corrected chi connectivity index (χ0v) is 12.3. The van der Waals surface area contributed by atoms with Gasteiger partial charge in [-0.3, -0.25) is 4.79 Å². The van der Waals surface area contributed by atoms with Crippen molar-refractivity contribution < 1.29 is 14.6 Å². The molecule has 4 nitrogen and oxygen atoms in total. The Morgan fingerprint density at radius 2 is 2.25 bits per heavy atom. The van der Waals surface area contributed by atoms with Gasteiger partial charge in [0.25, 0.3) is 5.91 Å². The van der Waals surface area contributed by atoms with Gasteiger partial charge in [-0.2, -0.15) is 0 Å². The summed E-state index contributed by atoms with van der Waals surface area (Å²) in [5.41, 5.74) is 0.340. The molecule has 2 rings (SSSR count). The van der Waals surface area contributed by atoms with Crippen LogP contribution in [-0.2, 0) is 0 Å². The van der Waals surface area contributed by atoms with E-state index in [1.165, 1.54) is 13.5 Å². The van der Waals surface area contributed by atoms with Crippen LogP contribution in [0.15, 0.2) is 18.2 Å². The van der Waals surface area contributed by atoms with E-state index in [2.05, 4.69) is 6.92 Å². The maximum atomic E-state index is 12.7. The highest BCUT2D eigenvalue weighted by molar-refractivity contribution is 5.97. The van der Waals surface area contributed by atoms with Gasteiger partial charge in [-0.25, -0.2) is 0 Å². The second-order valence-corrected chi connectivity index (χ2v) is 5.29. The number of hydrogen-bond acceptors (Lipinski definition) is 3. The topological polar surface area (TPSA) is 49.8 Å². The van der Waals surface area contributed by atoms with Crippen LogP contribution in [0.25, 0.3) is 0 Å². The molecule has 4 heteroatoms. The molecule has 110 valence electrons. The zero-order chi connectivity index (χ0) is 14.5. The number of phenolic OH excluding ortho intramolecular Hbond substituents is 1. The van der Waals surface area contributed by atoms with E-state index in [0.29, 0.717) is 17.4 Å². The van der Waals surface area contributed by atoms with Crippen LogP contribution < -0.4 is 4.74 Å². The van der Waals surface area contributed by atoms with Crippen LogP contribution in [-0.4, -0.2) is 35.6 Å². The van der Waals surface area contributed by atoms with E-state index in [0.717, 1.165) is 32.2 Å². The van der Waals surface area contributed by atoms with Gasteiger partial charge in [-0.05, 0) is 37.8 Å². The third-order valence-electron chi connectivity index (χ3n) is 3.96. The van der Waals surface area contributed by atoms with Crippen molar-refractivity contribution in [1.29, 1.82) is 0 Å². The number of ether oxygens (including phenoxy) is 1. The van der Waals surface area contributed by atoms with Crippen LogP contribution in [0, 0.1) is 0 Å². The molecule has 0 aromatic heterocycles. The number of nitrogens with zero attached hydrogens (tertiary/aromatic N) is 1. The van der Waals surface area contributed by atoms with Gasteiger partial charge in [0.1, 0.15) is 0 Å². The summed E-state index contributed by atoms with van der Waals surface area (Å²) < 4.78 is 5.08. The van der Waals surface area contributed by atoms with Crippen molar-refractivity contribution in [3.05, 3.63) is 23.8 Å². The van der Waals surface area contributed by atoms with Gasteiger partial charge in [0.05, 0.1) is 12.7 Å². The third-order valence-corrected chi connectivity index (χ3v) is 3.96. The molecule has 20 heavy (non-hydrogen) atoms. The van der Waals surface area contributed by atoms with Crippen LogP contribution in [0.2, 0.25) is 0 Å². The lowest BCUT2D eigenvalue weighted by Gasteiger charge is -2.36. The Kier molecular flexibility index (Phi) is 4.88. The molecule has 1 aromatic rings. The first-order chi connectivity index (χ1) is 9.69. The number of para-hydroxylation sites is 1. The van der Waals surface area contributed by atoms with Crippen molar-refractivity contribution in [2.45, 2.75) is 45.1 Å². The molecule has 0 spiro atoms. The largest absolute Gasteiger partial charge is 0.504 e. The molecule has 1 fully saturated rings. The van der Waals surface area contributed by atoms with E-state index >= 15 is 0 Å². The summed E-state index contributed by atoms with van der Waals surface area (Å²) in [6.07, 6.45) is 5.37. The smallest absolute Gasteiger partial charge is 0.258 e. The van der Waals surface area contributed by atoms with Gasteiger partial charge in [-0.1, -0.05) is 19.4 Å². The van der Waals surface area contributed by atoms with E-state index < -0.39 is 0 Å². The van der Waals surface area contributed by atoms with Crippen LogP contribution in [0.3, 0.4) is 0 Å².